The van der Waals surface area contributed by atoms with Gasteiger partial charge in [-0.2, -0.15) is 0 Å². The minimum atomic E-state index is -1.05. The van der Waals surface area contributed by atoms with Crippen LogP contribution in [-0.4, -0.2) is 34.3 Å². The van der Waals surface area contributed by atoms with Gasteiger partial charge in [-0.1, -0.05) is 54.6 Å². The normalized spacial score (nSPS) is 13.8. The van der Waals surface area contributed by atoms with Crippen molar-refractivity contribution in [2.24, 2.45) is 0 Å². The van der Waals surface area contributed by atoms with E-state index in [1.54, 1.807) is 22.8 Å². The first kappa shape index (κ1) is 26.6. The molecular formula is C31H33ClN4O3. The van der Waals surface area contributed by atoms with Crippen LogP contribution in [0.4, 0.5) is 21.9 Å². The van der Waals surface area contributed by atoms with Gasteiger partial charge < -0.3 is 25.2 Å². The minimum absolute atomic E-state index is 0.120. The Bertz CT molecular complexity index is 1510. The lowest BCUT2D eigenvalue weighted by molar-refractivity contribution is 0.0688. The summed E-state index contributed by atoms with van der Waals surface area (Å²) in [6.45, 7) is 4.92. The van der Waals surface area contributed by atoms with Crippen molar-refractivity contribution in [1.29, 1.82) is 0 Å². The van der Waals surface area contributed by atoms with E-state index >= 15 is 0 Å². The van der Waals surface area contributed by atoms with Crippen molar-refractivity contribution in [3.63, 3.8) is 0 Å². The molecular weight excluding hydrogens is 512 g/mol. The first-order chi connectivity index (χ1) is 18.8. The lowest BCUT2D eigenvalue weighted by Gasteiger charge is -2.36. The van der Waals surface area contributed by atoms with Gasteiger partial charge in [0.2, 0.25) is 0 Å². The number of carboxylic acid groups (broad SMARTS) is 1. The van der Waals surface area contributed by atoms with Gasteiger partial charge in [0.05, 0.1) is 16.9 Å². The number of nitrogens with one attached hydrogen (secondary N) is 2. The van der Waals surface area contributed by atoms with E-state index in [1.807, 2.05) is 55.5 Å². The van der Waals surface area contributed by atoms with Crippen LogP contribution in [0.5, 0.6) is 0 Å². The fraction of sp³-hybridized carbons (Fsp3) is 0.290. The number of anilines is 3. The zero-order valence-corrected chi connectivity index (χ0v) is 23.0. The maximum absolute atomic E-state index is 13.2. The predicted octanol–water partition coefficient (Wildman–Crippen LogP) is 8.09. The number of aromatic carboxylic acids is 1. The first-order valence-electron chi connectivity index (χ1n) is 13.4. The molecule has 1 saturated carbocycles. The van der Waals surface area contributed by atoms with Gasteiger partial charge in [0.25, 0.3) is 0 Å². The number of carboxylic acids is 1. The SMILES string of the molecule is CCN(c1ccc(-n2c(C(=O)O)cc3ccc(Cl)cc32)cc1NC(=O)Nc1ccc(C)cc1)C1CCCCC1. The molecule has 1 aliphatic carbocycles. The number of nitrogens with zero attached hydrogens (tertiary/aromatic N) is 2. The fourth-order valence-electron chi connectivity index (χ4n) is 5.56. The number of halogens is 1. The molecule has 202 valence electrons. The van der Waals surface area contributed by atoms with Gasteiger partial charge in [0.1, 0.15) is 5.69 Å². The molecule has 5 rings (SSSR count). The van der Waals surface area contributed by atoms with Gasteiger partial charge in [-0.15, -0.1) is 0 Å². The Morgan fingerprint density at radius 2 is 1.72 bits per heavy atom. The summed E-state index contributed by atoms with van der Waals surface area (Å²) in [6, 6.07) is 20.3. The number of amides is 2. The number of aryl methyl sites for hydroxylation is 1. The number of carbonyl (C=O) groups excluding carboxylic acids is 1. The summed E-state index contributed by atoms with van der Waals surface area (Å²) >= 11 is 6.29. The largest absolute Gasteiger partial charge is 0.477 e. The minimum Gasteiger partial charge on any atom is -0.477 e. The molecule has 1 fully saturated rings. The van der Waals surface area contributed by atoms with Crippen LogP contribution >= 0.6 is 11.6 Å². The molecule has 0 radical (unpaired) electrons. The van der Waals surface area contributed by atoms with E-state index < -0.39 is 5.97 Å². The Labute approximate surface area is 233 Å². The molecule has 4 aromatic rings. The highest BCUT2D eigenvalue weighted by Gasteiger charge is 2.24. The highest BCUT2D eigenvalue weighted by Crippen LogP contribution is 2.36. The molecule has 3 aromatic carbocycles. The topological polar surface area (TPSA) is 86.6 Å². The molecule has 3 N–H and O–H groups in total. The van der Waals surface area contributed by atoms with E-state index in [2.05, 4.69) is 22.5 Å². The van der Waals surface area contributed by atoms with Crippen LogP contribution in [0, 0.1) is 6.92 Å². The number of rotatable bonds is 7. The summed E-state index contributed by atoms with van der Waals surface area (Å²) in [6.07, 6.45) is 5.84. The van der Waals surface area contributed by atoms with Gasteiger partial charge in [-0.25, -0.2) is 9.59 Å². The number of carbonyl (C=O) groups is 2. The fourth-order valence-corrected chi connectivity index (χ4v) is 5.73. The van der Waals surface area contributed by atoms with E-state index in [0.29, 0.717) is 33.6 Å². The maximum Gasteiger partial charge on any atom is 0.352 e. The maximum atomic E-state index is 13.2. The zero-order valence-electron chi connectivity index (χ0n) is 22.2. The number of hydrogen-bond donors (Lipinski definition) is 3. The van der Waals surface area contributed by atoms with Gasteiger partial charge >= 0.3 is 12.0 Å². The van der Waals surface area contributed by atoms with Crippen LogP contribution in [0.15, 0.2) is 66.7 Å². The van der Waals surface area contributed by atoms with Crippen molar-refractivity contribution in [2.75, 3.05) is 22.1 Å². The molecule has 0 bridgehead atoms. The van der Waals surface area contributed by atoms with Crippen molar-refractivity contribution in [2.45, 2.75) is 52.0 Å². The Hall–Kier alpha value is -3.97. The third-order valence-electron chi connectivity index (χ3n) is 7.45. The molecule has 1 heterocycles. The van der Waals surface area contributed by atoms with Gasteiger partial charge in [0, 0.05) is 34.4 Å². The van der Waals surface area contributed by atoms with Crippen LogP contribution in [0.25, 0.3) is 16.6 Å². The average Bonchev–Trinajstić information content (AvgIpc) is 3.31. The lowest BCUT2D eigenvalue weighted by Crippen LogP contribution is -2.37. The summed E-state index contributed by atoms with van der Waals surface area (Å²) in [7, 11) is 0. The van der Waals surface area contributed by atoms with Crippen LogP contribution in [0.3, 0.4) is 0 Å². The molecule has 1 aromatic heterocycles. The Morgan fingerprint density at radius 3 is 2.41 bits per heavy atom. The van der Waals surface area contributed by atoms with Crippen LogP contribution in [0.2, 0.25) is 5.02 Å². The molecule has 7 nitrogen and oxygen atoms in total. The molecule has 0 saturated heterocycles. The predicted molar refractivity (Wildman–Crippen MR) is 159 cm³/mol. The Morgan fingerprint density at radius 1 is 0.974 bits per heavy atom. The number of hydrogen-bond acceptors (Lipinski definition) is 3. The quantitative estimate of drug-likeness (QED) is 0.219. The second-order valence-electron chi connectivity index (χ2n) is 10.1. The van der Waals surface area contributed by atoms with Crippen molar-refractivity contribution in [3.05, 3.63) is 83.0 Å². The van der Waals surface area contributed by atoms with E-state index in [4.69, 9.17) is 11.6 Å². The summed E-state index contributed by atoms with van der Waals surface area (Å²) in [5.74, 6) is -1.05. The summed E-state index contributed by atoms with van der Waals surface area (Å²) in [4.78, 5) is 27.8. The molecule has 0 spiro atoms. The van der Waals surface area contributed by atoms with Crippen molar-refractivity contribution in [3.8, 4) is 5.69 Å². The molecule has 2 amide bonds. The van der Waals surface area contributed by atoms with E-state index in [9.17, 15) is 14.7 Å². The van der Waals surface area contributed by atoms with E-state index in [0.717, 1.165) is 36.0 Å². The lowest BCUT2D eigenvalue weighted by atomic mass is 9.93. The number of urea groups is 1. The molecule has 1 aliphatic rings. The number of aromatic nitrogens is 1. The van der Waals surface area contributed by atoms with Crippen LogP contribution < -0.4 is 15.5 Å². The number of fused-ring (bicyclic) bond motifs is 1. The highest BCUT2D eigenvalue weighted by molar-refractivity contribution is 6.31. The third kappa shape index (κ3) is 5.73. The second-order valence-corrected chi connectivity index (χ2v) is 10.5. The van der Waals surface area contributed by atoms with Crippen LogP contribution in [0.1, 0.15) is 55.1 Å². The smallest absolute Gasteiger partial charge is 0.352 e. The summed E-state index contributed by atoms with van der Waals surface area (Å²) in [5, 5.41) is 17.3. The molecule has 0 aliphatic heterocycles. The summed E-state index contributed by atoms with van der Waals surface area (Å²) < 4.78 is 1.67. The Kier molecular flexibility index (Phi) is 7.79. The van der Waals surface area contributed by atoms with Crippen molar-refractivity contribution >= 4 is 51.6 Å². The monoisotopic (exact) mass is 544 g/mol. The molecule has 0 unspecified atom stereocenters. The number of benzene rings is 3. The van der Waals surface area contributed by atoms with Gasteiger partial charge in [0.15, 0.2) is 0 Å². The zero-order chi connectivity index (χ0) is 27.5. The van der Waals surface area contributed by atoms with Crippen LogP contribution in [-0.2, 0) is 0 Å². The third-order valence-corrected chi connectivity index (χ3v) is 7.68. The Balaban J connectivity index is 1.59. The van der Waals surface area contributed by atoms with Gasteiger partial charge in [-0.3, -0.25) is 0 Å². The van der Waals surface area contributed by atoms with Gasteiger partial charge in [-0.05, 0) is 75.2 Å². The first-order valence-corrected chi connectivity index (χ1v) is 13.8. The summed E-state index contributed by atoms with van der Waals surface area (Å²) in [5.41, 5.74) is 4.75. The van der Waals surface area contributed by atoms with E-state index in [-0.39, 0.29) is 11.7 Å². The highest BCUT2D eigenvalue weighted by atomic mass is 35.5. The molecule has 0 atom stereocenters. The van der Waals surface area contributed by atoms with E-state index in [1.165, 1.54) is 19.3 Å². The standard InChI is InChI=1S/C31H33ClN4O3/c1-3-35(24-7-5-4-6-8-24)27-16-15-25(19-26(27)34-31(39)33-23-13-9-20(2)10-14-23)36-28-18-22(32)12-11-21(28)17-29(36)30(37)38/h9-19,24H,3-8H2,1-2H3,(H,37,38)(H2,33,34,39). The average molecular weight is 545 g/mol. The van der Waals surface area contributed by atoms with Crippen molar-refractivity contribution < 1.29 is 14.7 Å². The molecule has 39 heavy (non-hydrogen) atoms. The van der Waals surface area contributed by atoms with Crippen molar-refractivity contribution in [1.82, 2.24) is 4.57 Å². The molecule has 8 heteroatoms. The second kappa shape index (κ2) is 11.4.